The molecule has 1 amide bonds. The van der Waals surface area contributed by atoms with Crippen LogP contribution in [0.1, 0.15) is 44.3 Å². The number of carbonyl (C=O) groups excluding carboxylic acids is 1. The van der Waals surface area contributed by atoms with Crippen LogP contribution < -0.4 is 10.5 Å². The van der Waals surface area contributed by atoms with Crippen molar-refractivity contribution in [2.24, 2.45) is 5.73 Å². The molecule has 2 rings (SSSR count). The average Bonchev–Trinajstić information content (AvgIpc) is 2.67. The first-order chi connectivity index (χ1) is 13.8. The zero-order chi connectivity index (χ0) is 21.4. The Bertz CT molecular complexity index is 709. The van der Waals surface area contributed by atoms with E-state index in [4.69, 9.17) is 15.2 Å². The van der Waals surface area contributed by atoms with Crippen LogP contribution in [0, 0.1) is 15.9 Å². The minimum atomic E-state index is -1.33. The first-order valence-corrected chi connectivity index (χ1v) is 9.71. The second-order valence-corrected chi connectivity index (χ2v) is 7.01. The van der Waals surface area contributed by atoms with Gasteiger partial charge in [-0.2, -0.15) is 0 Å². The Balaban J connectivity index is 1.84. The number of halogens is 1. The minimum Gasteiger partial charge on any atom is -0.487 e. The van der Waals surface area contributed by atoms with Gasteiger partial charge in [0.25, 0.3) is 0 Å². The number of nitrogens with two attached hydrogens (primary N) is 1. The molecule has 0 saturated carbocycles. The summed E-state index contributed by atoms with van der Waals surface area (Å²) in [5, 5.41) is 21.0. The number of primary amides is 1. The van der Waals surface area contributed by atoms with Gasteiger partial charge in [-0.25, -0.2) is 4.39 Å². The summed E-state index contributed by atoms with van der Waals surface area (Å²) in [4.78, 5) is 24.3. The van der Waals surface area contributed by atoms with E-state index in [1.807, 2.05) is 4.90 Å². The molecular weight excluding hydrogens is 385 g/mol. The predicted molar refractivity (Wildman–Crippen MR) is 103 cm³/mol. The number of aliphatic hydroxyl groups excluding tert-OH is 1. The fourth-order valence-corrected chi connectivity index (χ4v) is 3.46. The van der Waals surface area contributed by atoms with E-state index >= 15 is 0 Å². The van der Waals surface area contributed by atoms with Gasteiger partial charge >= 0.3 is 5.69 Å². The van der Waals surface area contributed by atoms with Crippen LogP contribution in [0.4, 0.5) is 10.1 Å². The SMILES string of the molecule is CC(O)c1c(F)ccc(OCCCCCC(C(N)=O)N2CCOCC2)c1[N+](=O)[O-]. The smallest absolute Gasteiger partial charge is 0.319 e. The van der Waals surface area contributed by atoms with Gasteiger partial charge < -0.3 is 20.3 Å². The number of carbonyl (C=O) groups is 1. The summed E-state index contributed by atoms with van der Waals surface area (Å²) in [5.41, 5.74) is 4.58. The molecule has 1 aromatic carbocycles. The highest BCUT2D eigenvalue weighted by atomic mass is 19.1. The summed E-state index contributed by atoms with van der Waals surface area (Å²) >= 11 is 0. The van der Waals surface area contributed by atoms with Crippen LogP contribution in [0.3, 0.4) is 0 Å². The van der Waals surface area contributed by atoms with Crippen molar-refractivity contribution in [2.75, 3.05) is 32.9 Å². The molecule has 29 heavy (non-hydrogen) atoms. The number of hydrogen-bond donors (Lipinski definition) is 2. The Labute approximate surface area is 168 Å². The number of hydrogen-bond acceptors (Lipinski definition) is 7. The largest absolute Gasteiger partial charge is 0.487 e. The third-order valence-corrected chi connectivity index (χ3v) is 4.92. The molecule has 1 fully saturated rings. The highest BCUT2D eigenvalue weighted by Gasteiger charge is 2.28. The van der Waals surface area contributed by atoms with Gasteiger partial charge in [-0.15, -0.1) is 0 Å². The van der Waals surface area contributed by atoms with Crippen molar-refractivity contribution < 1.29 is 28.7 Å². The molecule has 1 aliphatic rings. The summed E-state index contributed by atoms with van der Waals surface area (Å²) in [6.07, 6.45) is 1.39. The number of nitro groups is 1. The number of ether oxygens (including phenoxy) is 2. The molecule has 0 radical (unpaired) electrons. The lowest BCUT2D eigenvalue weighted by Crippen LogP contribution is -2.49. The van der Waals surface area contributed by atoms with Crippen molar-refractivity contribution in [3.63, 3.8) is 0 Å². The van der Waals surface area contributed by atoms with E-state index in [0.717, 1.165) is 18.9 Å². The van der Waals surface area contributed by atoms with Crippen LogP contribution >= 0.6 is 0 Å². The molecule has 0 aromatic heterocycles. The van der Waals surface area contributed by atoms with E-state index < -0.39 is 22.5 Å². The van der Waals surface area contributed by atoms with Crippen molar-refractivity contribution >= 4 is 11.6 Å². The molecule has 1 saturated heterocycles. The number of rotatable bonds is 11. The van der Waals surface area contributed by atoms with Crippen LogP contribution in [0.5, 0.6) is 5.75 Å². The third-order valence-electron chi connectivity index (χ3n) is 4.92. The van der Waals surface area contributed by atoms with E-state index in [2.05, 4.69) is 0 Å². The quantitative estimate of drug-likeness (QED) is 0.322. The first-order valence-electron chi connectivity index (χ1n) is 9.71. The molecule has 1 aliphatic heterocycles. The molecule has 0 bridgehead atoms. The maximum absolute atomic E-state index is 13.9. The number of aliphatic hydroxyl groups is 1. The molecule has 1 heterocycles. The number of unbranched alkanes of at least 4 members (excludes halogenated alkanes) is 2. The van der Waals surface area contributed by atoms with Crippen molar-refractivity contribution in [2.45, 2.75) is 44.8 Å². The topological polar surface area (TPSA) is 128 Å². The Morgan fingerprint density at radius 3 is 2.66 bits per heavy atom. The van der Waals surface area contributed by atoms with Crippen molar-refractivity contribution in [3.05, 3.63) is 33.6 Å². The van der Waals surface area contributed by atoms with Crippen LogP contribution in [0.2, 0.25) is 0 Å². The van der Waals surface area contributed by atoms with E-state index in [1.54, 1.807) is 0 Å². The van der Waals surface area contributed by atoms with E-state index in [1.165, 1.54) is 13.0 Å². The highest BCUT2D eigenvalue weighted by Crippen LogP contribution is 2.36. The predicted octanol–water partition coefficient (Wildman–Crippen LogP) is 1.91. The van der Waals surface area contributed by atoms with Gasteiger partial charge in [0, 0.05) is 13.1 Å². The third kappa shape index (κ3) is 6.34. The van der Waals surface area contributed by atoms with Crippen molar-refractivity contribution in [1.29, 1.82) is 0 Å². The van der Waals surface area contributed by atoms with E-state index in [-0.39, 0.29) is 29.9 Å². The van der Waals surface area contributed by atoms with Crippen molar-refractivity contribution in [1.82, 2.24) is 4.90 Å². The van der Waals surface area contributed by atoms with Gasteiger partial charge in [-0.05, 0) is 38.3 Å². The molecule has 9 nitrogen and oxygen atoms in total. The Morgan fingerprint density at radius 1 is 1.38 bits per heavy atom. The Kier molecular flexibility index (Phi) is 8.74. The summed E-state index contributed by atoms with van der Waals surface area (Å²) < 4.78 is 24.6. The van der Waals surface area contributed by atoms with Crippen LogP contribution in [0.15, 0.2) is 12.1 Å². The van der Waals surface area contributed by atoms with Gasteiger partial charge in [0.15, 0.2) is 5.75 Å². The van der Waals surface area contributed by atoms with E-state index in [9.17, 15) is 24.4 Å². The molecule has 2 unspecified atom stereocenters. The molecule has 3 N–H and O–H groups in total. The number of amides is 1. The van der Waals surface area contributed by atoms with E-state index in [0.29, 0.717) is 39.1 Å². The minimum absolute atomic E-state index is 0.0735. The maximum atomic E-state index is 13.9. The van der Waals surface area contributed by atoms with Crippen LogP contribution in [-0.2, 0) is 9.53 Å². The number of nitrogens with zero attached hydrogens (tertiary/aromatic N) is 2. The number of morpholine rings is 1. The summed E-state index contributed by atoms with van der Waals surface area (Å²) in [6.45, 7) is 3.99. The van der Waals surface area contributed by atoms with Crippen molar-refractivity contribution in [3.8, 4) is 5.75 Å². The molecule has 0 aliphatic carbocycles. The fraction of sp³-hybridized carbons (Fsp3) is 0.632. The molecule has 2 atom stereocenters. The first kappa shape index (κ1) is 23.0. The molecular formula is C19H28FN3O6. The van der Waals surface area contributed by atoms with Gasteiger partial charge in [-0.1, -0.05) is 6.42 Å². The lowest BCUT2D eigenvalue weighted by molar-refractivity contribution is -0.387. The normalized spacial score (nSPS) is 16.9. The monoisotopic (exact) mass is 413 g/mol. The Hall–Kier alpha value is -2.30. The average molecular weight is 413 g/mol. The number of benzene rings is 1. The molecule has 1 aromatic rings. The van der Waals surface area contributed by atoms with Gasteiger partial charge in [-0.3, -0.25) is 19.8 Å². The zero-order valence-corrected chi connectivity index (χ0v) is 16.5. The lowest BCUT2D eigenvalue weighted by Gasteiger charge is -2.32. The lowest BCUT2D eigenvalue weighted by atomic mass is 10.1. The maximum Gasteiger partial charge on any atom is 0.319 e. The Morgan fingerprint density at radius 2 is 2.07 bits per heavy atom. The summed E-state index contributed by atoms with van der Waals surface area (Å²) in [7, 11) is 0. The van der Waals surface area contributed by atoms with Crippen LogP contribution in [0.25, 0.3) is 0 Å². The molecule has 0 spiro atoms. The highest BCUT2D eigenvalue weighted by molar-refractivity contribution is 5.79. The molecule has 162 valence electrons. The van der Waals surface area contributed by atoms with Gasteiger partial charge in [0.2, 0.25) is 5.91 Å². The van der Waals surface area contributed by atoms with Gasteiger partial charge in [0.1, 0.15) is 5.82 Å². The summed E-state index contributed by atoms with van der Waals surface area (Å²) in [6, 6.07) is 1.91. The summed E-state index contributed by atoms with van der Waals surface area (Å²) in [5.74, 6) is -1.27. The standard InChI is InChI=1S/C19H28FN3O6/c1-13(24)17-14(20)6-7-16(18(17)23(26)27)29-10-4-2-3-5-15(19(21)25)22-8-11-28-12-9-22/h6-7,13,15,24H,2-5,8-12H2,1H3,(H2,21,25). The second-order valence-electron chi connectivity index (χ2n) is 7.01. The fourth-order valence-electron chi connectivity index (χ4n) is 3.46. The second kappa shape index (κ2) is 11.0. The molecule has 10 heteroatoms. The van der Waals surface area contributed by atoms with Crippen LogP contribution in [-0.4, -0.2) is 59.8 Å². The van der Waals surface area contributed by atoms with Gasteiger partial charge in [0.05, 0.1) is 42.5 Å². The number of nitro benzene ring substituents is 1. The zero-order valence-electron chi connectivity index (χ0n) is 16.5.